The summed E-state index contributed by atoms with van der Waals surface area (Å²) in [4.78, 5) is 20.7. The molecule has 0 aliphatic heterocycles. The standard InChI is InChI=1S/C20H19F2N3O2S/c1-12(2)18-19(28-17-9-14(21)8-15(22)10-17)25(20(24-18)27-13(3)26)11-16-6-4-5-7-23-16/h4-10,12H,11H2,1-3H3. The quantitative estimate of drug-likeness (QED) is 0.553. The van der Waals surface area contributed by atoms with Crippen molar-refractivity contribution < 1.29 is 18.3 Å². The van der Waals surface area contributed by atoms with E-state index in [2.05, 4.69) is 9.97 Å². The molecule has 2 aromatic heterocycles. The van der Waals surface area contributed by atoms with E-state index < -0.39 is 17.6 Å². The van der Waals surface area contributed by atoms with E-state index in [1.54, 1.807) is 16.8 Å². The topological polar surface area (TPSA) is 57.0 Å². The fourth-order valence-electron chi connectivity index (χ4n) is 2.62. The highest BCUT2D eigenvalue weighted by atomic mass is 32.2. The summed E-state index contributed by atoms with van der Waals surface area (Å²) in [6.45, 7) is 5.48. The SMILES string of the molecule is CC(=O)Oc1nc(C(C)C)c(Sc2cc(F)cc(F)c2)n1Cc1ccccn1. The van der Waals surface area contributed by atoms with E-state index in [1.165, 1.54) is 30.8 Å². The van der Waals surface area contributed by atoms with Crippen LogP contribution in [0.1, 0.15) is 38.1 Å². The van der Waals surface area contributed by atoms with Crippen molar-refractivity contribution in [3.05, 3.63) is 65.6 Å². The fraction of sp³-hybridized carbons (Fsp3) is 0.250. The Bertz CT molecular complexity index is 970. The van der Waals surface area contributed by atoms with Gasteiger partial charge >= 0.3 is 12.0 Å². The maximum Gasteiger partial charge on any atom is 0.310 e. The number of pyridine rings is 1. The van der Waals surface area contributed by atoms with E-state index in [9.17, 15) is 13.6 Å². The molecule has 8 heteroatoms. The zero-order valence-corrected chi connectivity index (χ0v) is 16.5. The second-order valence-corrected chi connectivity index (χ2v) is 7.51. The van der Waals surface area contributed by atoms with Crippen LogP contribution in [0.15, 0.2) is 52.5 Å². The number of hydrogen-bond donors (Lipinski definition) is 0. The molecule has 146 valence electrons. The van der Waals surface area contributed by atoms with Crippen molar-refractivity contribution in [3.63, 3.8) is 0 Å². The lowest BCUT2D eigenvalue weighted by molar-refractivity contribution is -0.132. The van der Waals surface area contributed by atoms with E-state index in [1.807, 2.05) is 26.0 Å². The second kappa shape index (κ2) is 8.52. The van der Waals surface area contributed by atoms with E-state index in [-0.39, 0.29) is 11.9 Å². The molecule has 0 amide bonds. The van der Waals surface area contributed by atoms with Gasteiger partial charge in [-0.2, -0.15) is 4.98 Å². The molecule has 1 aromatic carbocycles. The van der Waals surface area contributed by atoms with Gasteiger partial charge in [-0.25, -0.2) is 8.78 Å². The number of benzene rings is 1. The summed E-state index contributed by atoms with van der Waals surface area (Å²) in [6, 6.07) is 8.94. The minimum atomic E-state index is -0.662. The van der Waals surface area contributed by atoms with E-state index in [0.29, 0.717) is 22.2 Å². The largest absolute Gasteiger partial charge is 0.392 e. The Kier molecular flexibility index (Phi) is 6.08. The first-order chi connectivity index (χ1) is 13.3. The van der Waals surface area contributed by atoms with Crippen molar-refractivity contribution >= 4 is 17.7 Å². The highest BCUT2D eigenvalue weighted by Gasteiger charge is 2.23. The minimum Gasteiger partial charge on any atom is -0.392 e. The molecule has 3 rings (SSSR count). The summed E-state index contributed by atoms with van der Waals surface area (Å²) in [7, 11) is 0. The molecule has 0 radical (unpaired) electrons. The predicted molar refractivity (Wildman–Crippen MR) is 101 cm³/mol. The van der Waals surface area contributed by atoms with Gasteiger partial charge in [-0.3, -0.25) is 14.3 Å². The average molecular weight is 403 g/mol. The lowest BCUT2D eigenvalue weighted by atomic mass is 10.1. The first-order valence-corrected chi connectivity index (χ1v) is 9.48. The number of ether oxygens (including phenoxy) is 1. The Hall–Kier alpha value is -2.74. The van der Waals surface area contributed by atoms with Crippen LogP contribution in [0.4, 0.5) is 8.78 Å². The Morgan fingerprint density at radius 2 is 1.93 bits per heavy atom. The van der Waals surface area contributed by atoms with Gasteiger partial charge in [-0.1, -0.05) is 31.7 Å². The van der Waals surface area contributed by atoms with Crippen LogP contribution in [0, 0.1) is 11.6 Å². The van der Waals surface area contributed by atoms with Crippen LogP contribution in [0.5, 0.6) is 6.01 Å². The predicted octanol–water partition coefficient (Wildman–Crippen LogP) is 4.80. The van der Waals surface area contributed by atoms with Gasteiger partial charge in [-0.05, 0) is 30.2 Å². The zero-order chi connectivity index (χ0) is 20.3. The van der Waals surface area contributed by atoms with Crippen molar-refractivity contribution in [1.29, 1.82) is 0 Å². The Morgan fingerprint density at radius 1 is 1.21 bits per heavy atom. The van der Waals surface area contributed by atoms with Crippen LogP contribution in [-0.2, 0) is 11.3 Å². The number of aromatic nitrogens is 3. The van der Waals surface area contributed by atoms with Crippen LogP contribution >= 0.6 is 11.8 Å². The highest BCUT2D eigenvalue weighted by molar-refractivity contribution is 7.99. The lowest BCUT2D eigenvalue weighted by Gasteiger charge is -2.12. The number of halogens is 2. The van der Waals surface area contributed by atoms with Gasteiger partial charge in [-0.15, -0.1) is 0 Å². The summed E-state index contributed by atoms with van der Waals surface area (Å²) >= 11 is 1.17. The molecule has 2 heterocycles. The summed E-state index contributed by atoms with van der Waals surface area (Å²) in [6.07, 6.45) is 1.66. The molecule has 0 unspecified atom stereocenters. The Morgan fingerprint density at radius 3 is 2.50 bits per heavy atom. The number of carbonyl (C=O) groups is 1. The van der Waals surface area contributed by atoms with Crippen LogP contribution in [-0.4, -0.2) is 20.5 Å². The Balaban J connectivity index is 2.11. The number of rotatable bonds is 6. The maximum atomic E-state index is 13.7. The van der Waals surface area contributed by atoms with Crippen molar-refractivity contribution in [3.8, 4) is 6.01 Å². The second-order valence-electron chi connectivity index (χ2n) is 6.45. The molecule has 0 N–H and O–H groups in total. The number of carbonyl (C=O) groups excluding carboxylic acids is 1. The molecule has 0 atom stereocenters. The van der Waals surface area contributed by atoms with Gasteiger partial charge in [0.25, 0.3) is 0 Å². The van der Waals surface area contributed by atoms with E-state index >= 15 is 0 Å². The monoisotopic (exact) mass is 403 g/mol. The molecular formula is C20H19F2N3O2S. The van der Waals surface area contributed by atoms with Gasteiger partial charge in [0, 0.05) is 24.1 Å². The molecule has 0 saturated heterocycles. The normalized spacial score (nSPS) is 11.1. The third-order valence-electron chi connectivity index (χ3n) is 3.79. The molecule has 5 nitrogen and oxygen atoms in total. The van der Waals surface area contributed by atoms with Crippen LogP contribution in [0.2, 0.25) is 0 Å². The first kappa shape index (κ1) is 20.0. The third kappa shape index (κ3) is 4.75. The van der Waals surface area contributed by atoms with E-state index in [0.717, 1.165) is 11.8 Å². The maximum absolute atomic E-state index is 13.7. The molecule has 0 saturated carbocycles. The summed E-state index contributed by atoms with van der Waals surface area (Å²) in [5, 5.41) is 0.641. The molecule has 0 spiro atoms. The van der Waals surface area contributed by atoms with Gasteiger partial charge in [0.1, 0.15) is 16.7 Å². The minimum absolute atomic E-state index is 0.000182. The number of nitrogens with zero attached hydrogens (tertiary/aromatic N) is 3. The molecule has 3 aromatic rings. The molecule has 0 fully saturated rings. The van der Waals surface area contributed by atoms with Gasteiger partial charge in [0.05, 0.1) is 17.9 Å². The number of hydrogen-bond acceptors (Lipinski definition) is 5. The van der Waals surface area contributed by atoms with Crippen LogP contribution < -0.4 is 4.74 Å². The number of esters is 1. The van der Waals surface area contributed by atoms with Gasteiger partial charge < -0.3 is 4.74 Å². The summed E-state index contributed by atoms with van der Waals surface area (Å²) in [5.74, 6) is -1.83. The van der Waals surface area contributed by atoms with Crippen molar-refractivity contribution in [2.45, 2.75) is 43.2 Å². The smallest absolute Gasteiger partial charge is 0.310 e. The molecule has 0 bridgehead atoms. The molecular weight excluding hydrogens is 384 g/mol. The van der Waals surface area contributed by atoms with Crippen molar-refractivity contribution in [2.75, 3.05) is 0 Å². The van der Waals surface area contributed by atoms with Gasteiger partial charge in [0.2, 0.25) is 0 Å². The molecule has 0 aliphatic rings. The van der Waals surface area contributed by atoms with E-state index in [4.69, 9.17) is 4.74 Å². The van der Waals surface area contributed by atoms with Gasteiger partial charge in [0.15, 0.2) is 0 Å². The lowest BCUT2D eigenvalue weighted by Crippen LogP contribution is -2.10. The van der Waals surface area contributed by atoms with Crippen LogP contribution in [0.25, 0.3) is 0 Å². The highest BCUT2D eigenvalue weighted by Crippen LogP contribution is 2.37. The Labute approximate surface area is 165 Å². The summed E-state index contributed by atoms with van der Waals surface area (Å²) in [5.41, 5.74) is 1.40. The average Bonchev–Trinajstić information content (AvgIpc) is 2.92. The third-order valence-corrected chi connectivity index (χ3v) is 4.88. The molecule has 28 heavy (non-hydrogen) atoms. The molecule has 0 aliphatic carbocycles. The number of imidazole rings is 1. The van der Waals surface area contributed by atoms with Crippen molar-refractivity contribution in [1.82, 2.24) is 14.5 Å². The summed E-state index contributed by atoms with van der Waals surface area (Å²) < 4.78 is 34.3. The fourth-order valence-corrected chi connectivity index (χ4v) is 3.82. The van der Waals surface area contributed by atoms with Crippen molar-refractivity contribution in [2.24, 2.45) is 0 Å². The van der Waals surface area contributed by atoms with Crippen LogP contribution in [0.3, 0.4) is 0 Å². The zero-order valence-electron chi connectivity index (χ0n) is 15.6. The first-order valence-electron chi connectivity index (χ1n) is 8.66.